The highest BCUT2D eigenvalue weighted by Gasteiger charge is 2.09. The zero-order valence-corrected chi connectivity index (χ0v) is 7.30. The summed E-state index contributed by atoms with van der Waals surface area (Å²) >= 11 is 0. The molecule has 0 heterocycles. The number of rotatable bonds is 0. The predicted molar refractivity (Wildman–Crippen MR) is 51.0 cm³/mol. The second kappa shape index (κ2) is 3.33. The zero-order chi connectivity index (χ0) is 9.10. The van der Waals surface area contributed by atoms with E-state index in [1.807, 2.05) is 12.1 Å². The van der Waals surface area contributed by atoms with Gasteiger partial charge in [-0.15, -0.1) is 0 Å². The summed E-state index contributed by atoms with van der Waals surface area (Å²) in [4.78, 5) is 0. The lowest BCUT2D eigenvalue weighted by atomic mass is 10.1. The molecule has 0 radical (unpaired) electrons. The number of benzene rings is 1. The Kier molecular flexibility index (Phi) is 2.02. The summed E-state index contributed by atoms with van der Waals surface area (Å²) in [6.07, 6.45) is 3.61. The van der Waals surface area contributed by atoms with Gasteiger partial charge in [0, 0.05) is 11.5 Å². The summed E-state index contributed by atoms with van der Waals surface area (Å²) in [5.74, 6) is 5.22. The van der Waals surface area contributed by atoms with Crippen LogP contribution in [0.1, 0.15) is 23.1 Å². The van der Waals surface area contributed by atoms with Gasteiger partial charge >= 0.3 is 0 Å². The Morgan fingerprint density at radius 1 is 1.15 bits per heavy atom. The Bertz CT molecular complexity index is 427. The maximum atomic E-state index is 8.30. The molecule has 0 atom stereocenters. The summed E-state index contributed by atoms with van der Waals surface area (Å²) in [5.41, 5.74) is 3.81. The van der Waals surface area contributed by atoms with Crippen LogP contribution in [0.4, 0.5) is 0 Å². The standard InChI is InChI=1S/C12H9N/c13-8-2-3-10-6-7-11-4-1-5-12(11)9-10/h6-7,9H,1,4-5H2. The normalized spacial score (nSPS) is 12.5. The lowest BCUT2D eigenvalue weighted by Gasteiger charge is -1.97. The van der Waals surface area contributed by atoms with Gasteiger partial charge in [0.2, 0.25) is 0 Å². The van der Waals surface area contributed by atoms with Crippen molar-refractivity contribution in [2.24, 2.45) is 0 Å². The Morgan fingerprint density at radius 3 is 2.85 bits per heavy atom. The molecule has 62 valence electrons. The molecule has 1 heteroatoms. The molecule has 0 N–H and O–H groups in total. The largest absolute Gasteiger partial charge is 0.183 e. The smallest absolute Gasteiger partial charge is 0.152 e. The van der Waals surface area contributed by atoms with E-state index in [0.717, 1.165) is 12.0 Å². The Morgan fingerprint density at radius 2 is 2.00 bits per heavy atom. The van der Waals surface area contributed by atoms with Gasteiger partial charge < -0.3 is 0 Å². The summed E-state index contributed by atoms with van der Waals surface area (Å²) in [6, 6.07) is 8.05. The number of hydrogen-bond acceptors (Lipinski definition) is 1. The van der Waals surface area contributed by atoms with Gasteiger partial charge in [0.1, 0.15) is 0 Å². The third kappa shape index (κ3) is 1.55. The second-order valence-corrected chi connectivity index (χ2v) is 3.20. The highest BCUT2D eigenvalue weighted by atomic mass is 14.2. The van der Waals surface area contributed by atoms with E-state index >= 15 is 0 Å². The third-order valence-electron chi connectivity index (χ3n) is 2.36. The molecule has 1 aliphatic rings. The lowest BCUT2D eigenvalue weighted by Crippen LogP contribution is -1.83. The lowest BCUT2D eigenvalue weighted by molar-refractivity contribution is 0.912. The van der Waals surface area contributed by atoms with Crippen LogP contribution in [0.2, 0.25) is 0 Å². The molecule has 1 aromatic carbocycles. The first-order valence-corrected chi connectivity index (χ1v) is 4.42. The summed E-state index contributed by atoms with van der Waals surface area (Å²) in [6.45, 7) is 0. The van der Waals surface area contributed by atoms with Gasteiger partial charge in [0.05, 0.1) is 0 Å². The third-order valence-corrected chi connectivity index (χ3v) is 2.36. The van der Waals surface area contributed by atoms with Crippen LogP contribution < -0.4 is 0 Å². The van der Waals surface area contributed by atoms with Gasteiger partial charge in [-0.2, -0.15) is 5.26 Å². The molecule has 0 unspecified atom stereocenters. The SMILES string of the molecule is N#CC#Cc1ccc2c(c1)CCC2. The van der Waals surface area contributed by atoms with Crippen molar-refractivity contribution in [3.05, 3.63) is 34.9 Å². The van der Waals surface area contributed by atoms with Crippen LogP contribution in [0.5, 0.6) is 0 Å². The topological polar surface area (TPSA) is 23.8 Å². The average Bonchev–Trinajstić information content (AvgIpc) is 2.61. The summed E-state index contributed by atoms with van der Waals surface area (Å²) < 4.78 is 0. The van der Waals surface area contributed by atoms with E-state index in [4.69, 9.17) is 5.26 Å². The molecule has 13 heavy (non-hydrogen) atoms. The van der Waals surface area contributed by atoms with Crippen molar-refractivity contribution >= 4 is 0 Å². The Balaban J connectivity index is 2.37. The van der Waals surface area contributed by atoms with Crippen LogP contribution in [0.25, 0.3) is 0 Å². The van der Waals surface area contributed by atoms with Crippen LogP contribution >= 0.6 is 0 Å². The van der Waals surface area contributed by atoms with Crippen molar-refractivity contribution in [1.82, 2.24) is 0 Å². The maximum absolute atomic E-state index is 8.30. The quantitative estimate of drug-likeness (QED) is 0.542. The predicted octanol–water partition coefficient (Wildman–Crippen LogP) is 2.05. The van der Waals surface area contributed by atoms with Crippen molar-refractivity contribution in [1.29, 1.82) is 5.26 Å². The van der Waals surface area contributed by atoms with Crippen molar-refractivity contribution in [3.8, 4) is 17.9 Å². The molecule has 0 fully saturated rings. The Hall–Kier alpha value is -1.73. The van der Waals surface area contributed by atoms with Crippen LogP contribution in [-0.2, 0) is 12.8 Å². The Labute approximate surface area is 78.0 Å². The van der Waals surface area contributed by atoms with Crippen molar-refractivity contribution in [2.45, 2.75) is 19.3 Å². The first-order valence-electron chi connectivity index (χ1n) is 4.42. The molecule has 1 nitrogen and oxygen atoms in total. The van der Waals surface area contributed by atoms with Crippen molar-refractivity contribution in [2.75, 3.05) is 0 Å². The van der Waals surface area contributed by atoms with Gasteiger partial charge in [0.25, 0.3) is 0 Å². The van der Waals surface area contributed by atoms with Gasteiger partial charge in [0.15, 0.2) is 6.07 Å². The molecule has 0 spiro atoms. The van der Waals surface area contributed by atoms with E-state index in [2.05, 4.69) is 24.0 Å². The average molecular weight is 167 g/mol. The van der Waals surface area contributed by atoms with Crippen LogP contribution in [0.3, 0.4) is 0 Å². The molecule has 0 amide bonds. The van der Waals surface area contributed by atoms with E-state index < -0.39 is 0 Å². The van der Waals surface area contributed by atoms with Gasteiger partial charge in [-0.05, 0) is 42.5 Å². The molecule has 0 saturated heterocycles. The van der Waals surface area contributed by atoms with Crippen molar-refractivity contribution < 1.29 is 0 Å². The van der Waals surface area contributed by atoms with Crippen LogP contribution in [-0.4, -0.2) is 0 Å². The van der Waals surface area contributed by atoms with Crippen molar-refractivity contribution in [3.63, 3.8) is 0 Å². The molecule has 0 saturated carbocycles. The summed E-state index contributed by atoms with van der Waals surface area (Å²) in [7, 11) is 0. The fourth-order valence-corrected chi connectivity index (χ4v) is 1.75. The highest BCUT2D eigenvalue weighted by Crippen LogP contribution is 2.22. The fraction of sp³-hybridized carbons (Fsp3) is 0.250. The van der Waals surface area contributed by atoms with Crippen LogP contribution in [0.15, 0.2) is 18.2 Å². The number of hydrogen-bond donors (Lipinski definition) is 0. The molecule has 2 rings (SSSR count). The minimum atomic E-state index is 0.960. The molecule has 0 bridgehead atoms. The second-order valence-electron chi connectivity index (χ2n) is 3.20. The molecule has 1 aromatic rings. The monoisotopic (exact) mass is 167 g/mol. The van der Waals surface area contributed by atoms with E-state index in [9.17, 15) is 0 Å². The molecular weight excluding hydrogens is 158 g/mol. The first-order chi connectivity index (χ1) is 6.40. The summed E-state index contributed by atoms with van der Waals surface area (Å²) in [5, 5.41) is 8.30. The number of aryl methyl sites for hydroxylation is 2. The van der Waals surface area contributed by atoms with Gasteiger partial charge in [-0.3, -0.25) is 0 Å². The van der Waals surface area contributed by atoms with E-state index in [0.29, 0.717) is 0 Å². The van der Waals surface area contributed by atoms with E-state index in [1.165, 1.54) is 24.0 Å². The molecule has 0 aliphatic heterocycles. The minimum Gasteiger partial charge on any atom is -0.183 e. The van der Waals surface area contributed by atoms with Gasteiger partial charge in [-0.25, -0.2) is 0 Å². The van der Waals surface area contributed by atoms with E-state index in [1.54, 1.807) is 0 Å². The number of nitriles is 1. The maximum Gasteiger partial charge on any atom is 0.152 e. The van der Waals surface area contributed by atoms with E-state index in [-0.39, 0.29) is 0 Å². The first kappa shape index (κ1) is 7.90. The fourth-order valence-electron chi connectivity index (χ4n) is 1.75. The minimum absolute atomic E-state index is 0.960. The molecule has 1 aliphatic carbocycles. The number of nitrogens with zero attached hydrogens (tertiary/aromatic N) is 1. The molecule has 0 aromatic heterocycles. The highest BCUT2D eigenvalue weighted by molar-refractivity contribution is 5.44. The van der Waals surface area contributed by atoms with Gasteiger partial charge in [-0.1, -0.05) is 12.0 Å². The van der Waals surface area contributed by atoms with Crippen LogP contribution in [0, 0.1) is 23.2 Å². The molecular formula is C12H9N. The number of fused-ring (bicyclic) bond motifs is 1. The zero-order valence-electron chi connectivity index (χ0n) is 7.30.